The van der Waals surface area contributed by atoms with Gasteiger partial charge in [-0.2, -0.15) is 17.4 Å². The Balaban J connectivity index is 2.05. The number of rotatable bonds is 4. The largest absolute Gasteiger partial charge is 0.279 e. The topological polar surface area (TPSA) is 49.4 Å². The summed E-state index contributed by atoms with van der Waals surface area (Å²) in [4.78, 5) is 0. The first-order valence-electron chi connectivity index (χ1n) is 6.43. The van der Waals surface area contributed by atoms with Crippen LogP contribution in [0, 0.1) is 0 Å². The predicted molar refractivity (Wildman–Crippen MR) is 72.5 cm³/mol. The Labute approximate surface area is 112 Å². The zero-order valence-corrected chi connectivity index (χ0v) is 12.5. The summed E-state index contributed by atoms with van der Waals surface area (Å²) >= 11 is 3.46. The number of nitrogens with one attached hydrogen (secondary N) is 1. The van der Waals surface area contributed by atoms with Gasteiger partial charge in [0.15, 0.2) is 0 Å². The van der Waals surface area contributed by atoms with Crippen LogP contribution >= 0.6 is 15.9 Å². The zero-order valence-electron chi connectivity index (χ0n) is 10.1. The van der Waals surface area contributed by atoms with Crippen molar-refractivity contribution in [1.29, 1.82) is 0 Å². The summed E-state index contributed by atoms with van der Waals surface area (Å²) in [5, 5.41) is 0.715. The van der Waals surface area contributed by atoms with Gasteiger partial charge in [0, 0.05) is 24.0 Å². The molecule has 0 aromatic heterocycles. The van der Waals surface area contributed by atoms with Gasteiger partial charge in [-0.05, 0) is 25.7 Å². The van der Waals surface area contributed by atoms with E-state index in [1.165, 1.54) is 0 Å². The van der Waals surface area contributed by atoms with Crippen LogP contribution in [-0.2, 0) is 10.2 Å². The van der Waals surface area contributed by atoms with Gasteiger partial charge in [-0.25, -0.2) is 0 Å². The molecule has 4 nitrogen and oxygen atoms in total. The van der Waals surface area contributed by atoms with Crippen LogP contribution in [0.3, 0.4) is 0 Å². The third-order valence-corrected chi connectivity index (χ3v) is 6.63. The van der Waals surface area contributed by atoms with Crippen molar-refractivity contribution in [1.82, 2.24) is 9.03 Å². The fourth-order valence-electron chi connectivity index (χ4n) is 2.76. The SMILES string of the molecule is O=S(=O)(NC1(CBr)CCCC1)N1CCCCC1. The van der Waals surface area contributed by atoms with Crippen LogP contribution in [0.2, 0.25) is 0 Å². The Bertz CT molecular complexity index is 346. The molecule has 0 aromatic carbocycles. The quantitative estimate of drug-likeness (QED) is 0.804. The molecule has 2 fully saturated rings. The molecule has 1 heterocycles. The Hall–Kier alpha value is 0.350. The lowest BCUT2D eigenvalue weighted by Crippen LogP contribution is -2.54. The maximum absolute atomic E-state index is 12.3. The van der Waals surface area contributed by atoms with E-state index in [4.69, 9.17) is 0 Å². The van der Waals surface area contributed by atoms with Gasteiger partial charge in [0.2, 0.25) is 0 Å². The fraction of sp³-hybridized carbons (Fsp3) is 1.00. The highest BCUT2D eigenvalue weighted by Gasteiger charge is 2.38. The van der Waals surface area contributed by atoms with Crippen molar-refractivity contribution in [2.24, 2.45) is 0 Å². The van der Waals surface area contributed by atoms with E-state index in [2.05, 4.69) is 20.7 Å². The van der Waals surface area contributed by atoms with Crippen LogP contribution in [-0.4, -0.2) is 36.7 Å². The number of alkyl halides is 1. The van der Waals surface area contributed by atoms with Crippen LogP contribution in [0.5, 0.6) is 0 Å². The van der Waals surface area contributed by atoms with Crippen LogP contribution in [0.1, 0.15) is 44.9 Å². The summed E-state index contributed by atoms with van der Waals surface area (Å²) in [5.74, 6) is 0. The number of nitrogens with zero attached hydrogens (tertiary/aromatic N) is 1. The molecule has 0 spiro atoms. The summed E-state index contributed by atoms with van der Waals surface area (Å²) in [5.41, 5.74) is -0.240. The van der Waals surface area contributed by atoms with E-state index in [0.717, 1.165) is 44.9 Å². The molecule has 2 aliphatic rings. The van der Waals surface area contributed by atoms with Gasteiger partial charge >= 0.3 is 0 Å². The highest BCUT2D eigenvalue weighted by atomic mass is 79.9. The minimum atomic E-state index is -3.28. The van der Waals surface area contributed by atoms with Gasteiger partial charge in [0.05, 0.1) is 0 Å². The molecule has 1 aliphatic heterocycles. The van der Waals surface area contributed by atoms with Crippen LogP contribution in [0.4, 0.5) is 0 Å². The Morgan fingerprint density at radius 1 is 1.06 bits per heavy atom. The summed E-state index contributed by atoms with van der Waals surface area (Å²) in [6.07, 6.45) is 7.26. The lowest BCUT2D eigenvalue weighted by Gasteiger charge is -2.33. The molecule has 6 heteroatoms. The molecular weight excluding hydrogens is 304 g/mol. The van der Waals surface area contributed by atoms with Crippen molar-refractivity contribution in [3.8, 4) is 0 Å². The average molecular weight is 325 g/mol. The molecule has 0 radical (unpaired) electrons. The molecule has 0 atom stereocenters. The predicted octanol–water partition coefficient (Wildman–Crippen LogP) is 2.01. The zero-order chi connectivity index (χ0) is 12.4. The molecule has 0 aromatic rings. The second-order valence-corrected chi connectivity index (χ2v) is 7.42. The second kappa shape index (κ2) is 5.55. The van der Waals surface area contributed by atoms with Gasteiger partial charge < -0.3 is 0 Å². The minimum absolute atomic E-state index is 0.240. The molecule has 1 saturated heterocycles. The van der Waals surface area contributed by atoms with E-state index in [1.54, 1.807) is 4.31 Å². The number of hydrogen-bond acceptors (Lipinski definition) is 2. The minimum Gasteiger partial charge on any atom is -0.195 e. The Kier molecular flexibility index (Phi) is 4.50. The Morgan fingerprint density at radius 2 is 1.65 bits per heavy atom. The van der Waals surface area contributed by atoms with Crippen LogP contribution in [0.25, 0.3) is 0 Å². The monoisotopic (exact) mass is 324 g/mol. The van der Waals surface area contributed by atoms with Crippen molar-refractivity contribution in [2.75, 3.05) is 18.4 Å². The number of piperidine rings is 1. The first-order chi connectivity index (χ1) is 8.08. The van der Waals surface area contributed by atoms with Crippen molar-refractivity contribution in [2.45, 2.75) is 50.5 Å². The van der Waals surface area contributed by atoms with E-state index < -0.39 is 10.2 Å². The smallest absolute Gasteiger partial charge is 0.195 e. The van der Waals surface area contributed by atoms with Crippen molar-refractivity contribution in [3.63, 3.8) is 0 Å². The highest BCUT2D eigenvalue weighted by Crippen LogP contribution is 2.32. The second-order valence-electron chi connectivity index (χ2n) is 5.19. The maximum atomic E-state index is 12.3. The summed E-state index contributed by atoms with van der Waals surface area (Å²) in [6.45, 7) is 1.35. The van der Waals surface area contributed by atoms with Crippen molar-refractivity contribution < 1.29 is 8.42 Å². The van der Waals surface area contributed by atoms with E-state index in [-0.39, 0.29) is 5.54 Å². The fourth-order valence-corrected chi connectivity index (χ4v) is 5.34. The lowest BCUT2D eigenvalue weighted by atomic mass is 10.0. The first-order valence-corrected chi connectivity index (χ1v) is 8.99. The molecule has 0 amide bonds. The van der Waals surface area contributed by atoms with Gasteiger partial charge in [0.1, 0.15) is 0 Å². The molecule has 17 heavy (non-hydrogen) atoms. The third kappa shape index (κ3) is 3.22. The molecule has 1 saturated carbocycles. The number of halogens is 1. The van der Waals surface area contributed by atoms with Crippen molar-refractivity contribution >= 4 is 26.1 Å². The highest BCUT2D eigenvalue weighted by molar-refractivity contribution is 9.09. The van der Waals surface area contributed by atoms with Gasteiger partial charge in [-0.1, -0.05) is 35.2 Å². The lowest BCUT2D eigenvalue weighted by molar-refractivity contribution is 0.327. The summed E-state index contributed by atoms with van der Waals surface area (Å²) in [6, 6.07) is 0. The molecule has 2 rings (SSSR count). The van der Waals surface area contributed by atoms with Crippen LogP contribution < -0.4 is 4.72 Å². The standard InChI is InChI=1S/C11H21BrN2O2S/c12-10-11(6-2-3-7-11)13-17(15,16)14-8-4-1-5-9-14/h13H,1-10H2. The molecule has 0 bridgehead atoms. The third-order valence-electron chi connectivity index (χ3n) is 3.82. The maximum Gasteiger partial charge on any atom is 0.279 e. The average Bonchev–Trinajstić information content (AvgIpc) is 2.79. The van der Waals surface area contributed by atoms with Gasteiger partial charge in [-0.3, -0.25) is 0 Å². The van der Waals surface area contributed by atoms with Gasteiger partial charge in [0.25, 0.3) is 10.2 Å². The van der Waals surface area contributed by atoms with Gasteiger partial charge in [-0.15, -0.1) is 0 Å². The normalized spacial score (nSPS) is 26.2. The van der Waals surface area contributed by atoms with Crippen molar-refractivity contribution in [3.05, 3.63) is 0 Å². The Morgan fingerprint density at radius 3 is 2.18 bits per heavy atom. The molecular formula is C11H21BrN2O2S. The molecule has 1 aliphatic carbocycles. The summed E-state index contributed by atoms with van der Waals surface area (Å²) in [7, 11) is -3.28. The van der Waals surface area contributed by atoms with E-state index in [9.17, 15) is 8.42 Å². The van der Waals surface area contributed by atoms with E-state index in [0.29, 0.717) is 18.4 Å². The van der Waals surface area contributed by atoms with E-state index in [1.807, 2.05) is 0 Å². The number of hydrogen-bond donors (Lipinski definition) is 1. The summed E-state index contributed by atoms with van der Waals surface area (Å²) < 4.78 is 29.1. The molecule has 0 unspecified atom stereocenters. The first kappa shape index (κ1) is 13.8. The van der Waals surface area contributed by atoms with Crippen LogP contribution in [0.15, 0.2) is 0 Å². The molecule has 1 N–H and O–H groups in total. The van der Waals surface area contributed by atoms with E-state index >= 15 is 0 Å². The molecule has 100 valence electrons.